The third-order valence-electron chi connectivity index (χ3n) is 5.26. The van der Waals surface area contributed by atoms with Crippen molar-refractivity contribution in [3.8, 4) is 0 Å². The van der Waals surface area contributed by atoms with Gasteiger partial charge >= 0.3 is 0 Å². The minimum absolute atomic E-state index is 0.118. The number of carbonyl (C=O) groups is 2. The van der Waals surface area contributed by atoms with Gasteiger partial charge in [0.25, 0.3) is 5.91 Å². The summed E-state index contributed by atoms with van der Waals surface area (Å²) in [4.78, 5) is 32.1. The molecule has 8 heteroatoms. The molecule has 1 fully saturated rings. The Morgan fingerprint density at radius 2 is 1.67 bits per heavy atom. The average molecular weight is 509 g/mol. The molecule has 0 bridgehead atoms. The van der Waals surface area contributed by atoms with Gasteiger partial charge in [-0.3, -0.25) is 19.4 Å². The molecule has 2 amide bonds. The molecule has 33 heavy (non-hydrogen) atoms. The van der Waals surface area contributed by atoms with Crippen LogP contribution in [0.15, 0.2) is 87.5 Å². The second-order valence-corrected chi connectivity index (χ2v) is 10.6. The Morgan fingerprint density at radius 3 is 2.48 bits per heavy atom. The average Bonchev–Trinajstić information content (AvgIpc) is 3.08. The molecule has 0 saturated carbocycles. The number of amides is 2. The Balaban J connectivity index is 1.37. The normalized spacial score (nSPS) is 16.2. The largest absolute Gasteiger partial charge is 0.292 e. The summed E-state index contributed by atoms with van der Waals surface area (Å²) in [5.41, 5.74) is 2.51. The molecule has 5 rings (SSSR count). The van der Waals surface area contributed by atoms with Crippen LogP contribution < -0.4 is 4.90 Å². The second-order valence-electron chi connectivity index (χ2n) is 7.41. The zero-order valence-corrected chi connectivity index (χ0v) is 20.4. The van der Waals surface area contributed by atoms with Crippen molar-refractivity contribution in [1.29, 1.82) is 0 Å². The van der Waals surface area contributed by atoms with Crippen molar-refractivity contribution >= 4 is 80.9 Å². The lowest BCUT2D eigenvalue weighted by Gasteiger charge is -2.31. The first kappa shape index (κ1) is 22.2. The summed E-state index contributed by atoms with van der Waals surface area (Å²) in [6.07, 6.45) is 1.97. The van der Waals surface area contributed by atoms with Crippen LogP contribution >= 0.6 is 47.3 Å². The van der Waals surface area contributed by atoms with Crippen molar-refractivity contribution in [2.24, 2.45) is 0 Å². The number of para-hydroxylation sites is 1. The fraction of sp³-hybridized carbons (Fsp3) is 0.0800. The van der Waals surface area contributed by atoms with Crippen LogP contribution in [0.4, 0.5) is 11.4 Å². The summed E-state index contributed by atoms with van der Waals surface area (Å²) in [5, 5.41) is 0.564. The highest BCUT2D eigenvalue weighted by molar-refractivity contribution is 8.26. The first-order valence-corrected chi connectivity index (χ1v) is 12.6. The number of rotatable bonds is 4. The van der Waals surface area contributed by atoms with Gasteiger partial charge in [-0.25, -0.2) is 0 Å². The number of thiocarbonyl (C=S) groups is 1. The van der Waals surface area contributed by atoms with Gasteiger partial charge in [-0.2, -0.15) is 0 Å². The van der Waals surface area contributed by atoms with E-state index in [0.717, 1.165) is 26.7 Å². The number of anilines is 2. The van der Waals surface area contributed by atoms with Crippen LogP contribution in [-0.2, 0) is 9.59 Å². The van der Waals surface area contributed by atoms with Gasteiger partial charge < -0.3 is 0 Å². The first-order chi connectivity index (χ1) is 16.0. The van der Waals surface area contributed by atoms with Crippen LogP contribution in [0.2, 0.25) is 5.02 Å². The SMILES string of the molecule is O=C1/C(=C/c2ccccc2)SC(=S)N1CCC(=O)N1c2ccccc2Sc2ccc(Cl)cc21. The highest BCUT2D eigenvalue weighted by atomic mass is 35.5. The maximum absolute atomic E-state index is 13.4. The minimum Gasteiger partial charge on any atom is -0.292 e. The van der Waals surface area contributed by atoms with Crippen LogP contribution in [0.1, 0.15) is 12.0 Å². The van der Waals surface area contributed by atoms with Gasteiger partial charge in [0.2, 0.25) is 5.91 Å². The standard InChI is InChI=1S/C25H17ClN2O2S3/c26-17-10-11-21-19(15-17)28(18-8-4-5-9-20(18)32-21)23(29)12-13-27-24(30)22(33-25(27)31)14-16-6-2-1-3-7-16/h1-11,14-15H,12-13H2/b22-14-. The van der Waals surface area contributed by atoms with Crippen molar-refractivity contribution in [2.75, 3.05) is 11.4 Å². The summed E-state index contributed by atoms with van der Waals surface area (Å²) < 4.78 is 0.466. The van der Waals surface area contributed by atoms with E-state index in [9.17, 15) is 9.59 Å². The highest BCUT2D eigenvalue weighted by Gasteiger charge is 2.34. The predicted molar refractivity (Wildman–Crippen MR) is 140 cm³/mol. The summed E-state index contributed by atoms with van der Waals surface area (Å²) in [6, 6.07) is 23.0. The van der Waals surface area contributed by atoms with Gasteiger partial charge in [0.1, 0.15) is 4.32 Å². The lowest BCUT2D eigenvalue weighted by molar-refractivity contribution is -0.123. The molecular formula is C25H17ClN2O2S3. The molecule has 1 saturated heterocycles. The Morgan fingerprint density at radius 1 is 0.939 bits per heavy atom. The van der Waals surface area contributed by atoms with E-state index in [-0.39, 0.29) is 24.8 Å². The number of halogens is 1. The number of benzene rings is 3. The molecule has 0 radical (unpaired) electrons. The Kier molecular flexibility index (Phi) is 6.29. The number of fused-ring (bicyclic) bond motifs is 2. The number of nitrogens with zero attached hydrogens (tertiary/aromatic N) is 2. The maximum Gasteiger partial charge on any atom is 0.266 e. The number of thioether (sulfide) groups is 1. The van der Waals surface area contributed by atoms with E-state index in [2.05, 4.69) is 0 Å². The fourth-order valence-corrected chi connectivity index (χ4v) is 6.22. The molecule has 0 N–H and O–H groups in total. The molecule has 0 aliphatic carbocycles. The molecule has 3 aromatic carbocycles. The first-order valence-electron chi connectivity index (χ1n) is 10.2. The number of hydrogen-bond donors (Lipinski definition) is 0. The summed E-state index contributed by atoms with van der Waals surface area (Å²) in [5.74, 6) is -0.285. The van der Waals surface area contributed by atoms with Crippen LogP contribution in [0.25, 0.3) is 6.08 Å². The van der Waals surface area contributed by atoms with Crippen LogP contribution in [0.5, 0.6) is 0 Å². The zero-order chi connectivity index (χ0) is 22.9. The molecule has 2 heterocycles. The Hall–Kier alpha value is -2.58. The molecule has 2 aliphatic rings. The Labute approximate surface area is 210 Å². The third kappa shape index (κ3) is 4.46. The number of carbonyl (C=O) groups excluding carboxylic acids is 2. The molecule has 0 aromatic heterocycles. The highest BCUT2D eigenvalue weighted by Crippen LogP contribution is 2.49. The van der Waals surface area contributed by atoms with Gasteiger partial charge in [-0.05, 0) is 42.0 Å². The molecule has 0 atom stereocenters. The van der Waals surface area contributed by atoms with Gasteiger partial charge in [-0.15, -0.1) is 0 Å². The number of hydrogen-bond acceptors (Lipinski definition) is 5. The van der Waals surface area contributed by atoms with E-state index in [1.165, 1.54) is 16.7 Å². The molecular weight excluding hydrogens is 492 g/mol. The van der Waals surface area contributed by atoms with Gasteiger partial charge in [-0.1, -0.05) is 89.8 Å². The van der Waals surface area contributed by atoms with E-state index < -0.39 is 0 Å². The van der Waals surface area contributed by atoms with E-state index >= 15 is 0 Å². The van der Waals surface area contributed by atoms with E-state index in [1.807, 2.05) is 72.8 Å². The minimum atomic E-state index is -0.167. The lowest BCUT2D eigenvalue weighted by atomic mass is 10.2. The van der Waals surface area contributed by atoms with Gasteiger partial charge in [0, 0.05) is 27.8 Å². The van der Waals surface area contributed by atoms with E-state index in [1.54, 1.807) is 22.7 Å². The molecule has 2 aliphatic heterocycles. The predicted octanol–water partition coefficient (Wildman–Crippen LogP) is 6.76. The van der Waals surface area contributed by atoms with Gasteiger partial charge in [0.15, 0.2) is 0 Å². The second kappa shape index (κ2) is 9.35. The van der Waals surface area contributed by atoms with Gasteiger partial charge in [0.05, 0.1) is 16.3 Å². The zero-order valence-electron chi connectivity index (χ0n) is 17.2. The van der Waals surface area contributed by atoms with Crippen molar-refractivity contribution in [3.63, 3.8) is 0 Å². The third-order valence-corrected chi connectivity index (χ3v) is 8.00. The molecule has 164 valence electrons. The quantitative estimate of drug-likeness (QED) is 0.287. The summed E-state index contributed by atoms with van der Waals surface area (Å²) in [6.45, 7) is 0.220. The van der Waals surface area contributed by atoms with Crippen molar-refractivity contribution in [3.05, 3.63) is 88.3 Å². The molecule has 0 unspecified atom stereocenters. The van der Waals surface area contributed by atoms with Crippen molar-refractivity contribution < 1.29 is 9.59 Å². The molecule has 0 spiro atoms. The topological polar surface area (TPSA) is 40.6 Å². The van der Waals surface area contributed by atoms with Crippen molar-refractivity contribution in [1.82, 2.24) is 4.90 Å². The lowest BCUT2D eigenvalue weighted by Crippen LogP contribution is -2.35. The van der Waals surface area contributed by atoms with E-state index in [0.29, 0.717) is 14.2 Å². The molecule has 3 aromatic rings. The summed E-state index contributed by atoms with van der Waals surface area (Å²) >= 11 is 14.6. The molecule has 4 nitrogen and oxygen atoms in total. The summed E-state index contributed by atoms with van der Waals surface area (Å²) in [7, 11) is 0. The van der Waals surface area contributed by atoms with Crippen LogP contribution in [-0.4, -0.2) is 27.6 Å². The van der Waals surface area contributed by atoms with Crippen molar-refractivity contribution in [2.45, 2.75) is 16.2 Å². The maximum atomic E-state index is 13.4. The Bertz CT molecular complexity index is 1310. The fourth-order valence-electron chi connectivity index (χ4n) is 3.71. The monoisotopic (exact) mass is 508 g/mol. The van der Waals surface area contributed by atoms with Crippen LogP contribution in [0, 0.1) is 0 Å². The van der Waals surface area contributed by atoms with E-state index in [4.69, 9.17) is 23.8 Å². The van der Waals surface area contributed by atoms with Crippen LogP contribution in [0.3, 0.4) is 0 Å². The smallest absolute Gasteiger partial charge is 0.266 e.